The summed E-state index contributed by atoms with van der Waals surface area (Å²) >= 11 is 0. The number of hydrogen-bond donors (Lipinski definition) is 1. The molecule has 0 aromatic heterocycles. The molecule has 21 heavy (non-hydrogen) atoms. The normalized spacial score (nSPS) is 25.8. The number of halogens is 1. The molecule has 1 aliphatic carbocycles. The van der Waals surface area contributed by atoms with Crippen LogP contribution < -0.4 is 5.32 Å². The summed E-state index contributed by atoms with van der Waals surface area (Å²) < 4.78 is 13.4. The van der Waals surface area contributed by atoms with E-state index in [2.05, 4.69) is 24.1 Å². The maximum absolute atomic E-state index is 13.4. The summed E-state index contributed by atoms with van der Waals surface area (Å²) in [6.07, 6.45) is 5.26. The number of nitrogens with one attached hydrogen (secondary N) is 1. The van der Waals surface area contributed by atoms with Crippen LogP contribution in [0.25, 0.3) is 0 Å². The van der Waals surface area contributed by atoms with E-state index in [9.17, 15) is 4.39 Å². The fourth-order valence-corrected chi connectivity index (χ4v) is 4.10. The summed E-state index contributed by atoms with van der Waals surface area (Å²) in [5.41, 5.74) is 1.41. The summed E-state index contributed by atoms with van der Waals surface area (Å²) in [5, 5.41) is 3.84. The highest BCUT2D eigenvalue weighted by molar-refractivity contribution is 5.17. The molecule has 1 heterocycles. The second-order valence-electron chi connectivity index (χ2n) is 7.21. The summed E-state index contributed by atoms with van der Waals surface area (Å²) in [6.45, 7) is 7.61. The van der Waals surface area contributed by atoms with Crippen molar-refractivity contribution in [3.8, 4) is 0 Å². The Morgan fingerprint density at radius 3 is 2.76 bits per heavy atom. The van der Waals surface area contributed by atoms with E-state index in [4.69, 9.17) is 0 Å². The first kappa shape index (κ1) is 15.0. The minimum atomic E-state index is -0.126. The smallest absolute Gasteiger partial charge is 0.123 e. The van der Waals surface area contributed by atoms with Gasteiger partial charge in [0.15, 0.2) is 0 Å². The fourth-order valence-electron chi connectivity index (χ4n) is 4.10. The molecule has 1 aromatic rings. The Hall–Kier alpha value is -0.930. The van der Waals surface area contributed by atoms with E-state index in [1.54, 1.807) is 6.07 Å². The van der Waals surface area contributed by atoms with Gasteiger partial charge in [-0.15, -0.1) is 0 Å². The number of rotatable bonds is 3. The van der Waals surface area contributed by atoms with E-state index < -0.39 is 0 Å². The van der Waals surface area contributed by atoms with Crippen molar-refractivity contribution < 1.29 is 4.39 Å². The molecule has 116 valence electrons. The molecular weight excluding hydrogens is 263 g/mol. The van der Waals surface area contributed by atoms with Crippen molar-refractivity contribution in [3.63, 3.8) is 0 Å². The summed E-state index contributed by atoms with van der Waals surface area (Å²) in [7, 11) is 0. The van der Waals surface area contributed by atoms with Crippen LogP contribution in [0.5, 0.6) is 0 Å². The first-order chi connectivity index (χ1) is 10.1. The van der Waals surface area contributed by atoms with E-state index in [1.165, 1.54) is 31.7 Å². The van der Waals surface area contributed by atoms with Crippen molar-refractivity contribution in [2.45, 2.75) is 57.7 Å². The summed E-state index contributed by atoms with van der Waals surface area (Å²) in [6, 6.07) is 7.62. The Labute approximate surface area is 127 Å². The van der Waals surface area contributed by atoms with Gasteiger partial charge >= 0.3 is 0 Å². The molecule has 1 aliphatic heterocycles. The first-order valence-corrected chi connectivity index (χ1v) is 8.32. The molecule has 1 atom stereocenters. The lowest BCUT2D eigenvalue weighted by atomic mass is 9.88. The number of piperazine rings is 1. The Kier molecular flexibility index (Phi) is 4.32. The van der Waals surface area contributed by atoms with Gasteiger partial charge in [-0.2, -0.15) is 0 Å². The van der Waals surface area contributed by atoms with Gasteiger partial charge in [0.05, 0.1) is 0 Å². The van der Waals surface area contributed by atoms with Gasteiger partial charge in [-0.25, -0.2) is 4.39 Å². The van der Waals surface area contributed by atoms with Gasteiger partial charge in [0.1, 0.15) is 5.82 Å². The standard InChI is InChI=1S/C18H27FN2/c1-14(2)17-11-20-18(8-3-4-9-18)13-21(17)12-15-6-5-7-16(19)10-15/h5-7,10,14,17,20H,3-4,8-9,11-13H2,1-2H3. The van der Waals surface area contributed by atoms with Crippen LogP contribution in [0.15, 0.2) is 24.3 Å². The largest absolute Gasteiger partial charge is 0.308 e. The second kappa shape index (κ2) is 6.05. The van der Waals surface area contributed by atoms with Gasteiger partial charge in [0, 0.05) is 31.2 Å². The first-order valence-electron chi connectivity index (χ1n) is 8.32. The third kappa shape index (κ3) is 3.29. The molecule has 3 rings (SSSR count). The summed E-state index contributed by atoms with van der Waals surface area (Å²) in [5.74, 6) is 0.490. The van der Waals surface area contributed by atoms with E-state index in [-0.39, 0.29) is 5.82 Å². The second-order valence-corrected chi connectivity index (χ2v) is 7.21. The fraction of sp³-hybridized carbons (Fsp3) is 0.667. The van der Waals surface area contributed by atoms with Gasteiger partial charge in [0.2, 0.25) is 0 Å². The molecule has 1 saturated carbocycles. The van der Waals surface area contributed by atoms with Gasteiger partial charge in [-0.3, -0.25) is 4.90 Å². The highest BCUT2D eigenvalue weighted by atomic mass is 19.1. The minimum Gasteiger partial charge on any atom is -0.308 e. The molecule has 0 bridgehead atoms. The summed E-state index contributed by atoms with van der Waals surface area (Å²) in [4.78, 5) is 2.58. The molecule has 2 nitrogen and oxygen atoms in total. The highest BCUT2D eigenvalue weighted by Crippen LogP contribution is 2.34. The van der Waals surface area contributed by atoms with Crippen LogP contribution in [0.2, 0.25) is 0 Å². The van der Waals surface area contributed by atoms with Crippen molar-refractivity contribution in [1.82, 2.24) is 10.2 Å². The zero-order valence-corrected chi connectivity index (χ0v) is 13.2. The van der Waals surface area contributed by atoms with Crippen molar-refractivity contribution in [3.05, 3.63) is 35.6 Å². The van der Waals surface area contributed by atoms with Crippen LogP contribution in [0.3, 0.4) is 0 Å². The minimum absolute atomic E-state index is 0.126. The molecule has 1 saturated heterocycles. The van der Waals surface area contributed by atoms with Crippen LogP contribution in [-0.2, 0) is 6.54 Å². The van der Waals surface area contributed by atoms with Crippen LogP contribution in [0.4, 0.5) is 4.39 Å². The maximum atomic E-state index is 13.4. The SMILES string of the molecule is CC(C)C1CNC2(CCCC2)CN1Cc1cccc(F)c1. The van der Waals surface area contributed by atoms with Crippen LogP contribution in [-0.4, -0.2) is 29.6 Å². The maximum Gasteiger partial charge on any atom is 0.123 e. The predicted molar refractivity (Wildman–Crippen MR) is 84.6 cm³/mol. The highest BCUT2D eigenvalue weighted by Gasteiger charge is 2.41. The number of benzene rings is 1. The molecule has 3 heteroatoms. The Balaban J connectivity index is 1.77. The van der Waals surface area contributed by atoms with Gasteiger partial charge in [-0.1, -0.05) is 38.8 Å². The predicted octanol–water partition coefficient (Wildman–Crippen LogP) is 3.57. The molecule has 2 aliphatic rings. The monoisotopic (exact) mass is 290 g/mol. The van der Waals surface area contributed by atoms with Gasteiger partial charge in [0.25, 0.3) is 0 Å². The van der Waals surface area contributed by atoms with Crippen molar-refractivity contribution in [1.29, 1.82) is 0 Å². The molecule has 1 N–H and O–H groups in total. The number of hydrogen-bond acceptors (Lipinski definition) is 2. The zero-order chi connectivity index (χ0) is 14.9. The average molecular weight is 290 g/mol. The number of nitrogens with zero attached hydrogens (tertiary/aromatic N) is 1. The van der Waals surface area contributed by atoms with Crippen LogP contribution in [0.1, 0.15) is 45.1 Å². The molecule has 2 fully saturated rings. The Morgan fingerprint density at radius 2 is 2.10 bits per heavy atom. The van der Waals surface area contributed by atoms with Crippen LogP contribution >= 0.6 is 0 Å². The van der Waals surface area contributed by atoms with Crippen molar-refractivity contribution >= 4 is 0 Å². The lowest BCUT2D eigenvalue weighted by molar-refractivity contribution is 0.0506. The zero-order valence-electron chi connectivity index (χ0n) is 13.2. The molecular formula is C18H27FN2. The van der Waals surface area contributed by atoms with Gasteiger partial charge in [-0.05, 0) is 36.5 Å². The Bertz CT molecular complexity index is 480. The van der Waals surface area contributed by atoms with E-state index in [0.29, 0.717) is 17.5 Å². The molecule has 1 unspecified atom stereocenters. The molecule has 1 aromatic carbocycles. The Morgan fingerprint density at radius 1 is 1.33 bits per heavy atom. The topological polar surface area (TPSA) is 15.3 Å². The third-order valence-electron chi connectivity index (χ3n) is 5.27. The van der Waals surface area contributed by atoms with E-state index in [1.807, 2.05) is 12.1 Å². The molecule has 0 amide bonds. The third-order valence-corrected chi connectivity index (χ3v) is 5.27. The molecule has 1 spiro atoms. The van der Waals surface area contributed by atoms with Crippen LogP contribution in [0, 0.1) is 11.7 Å². The van der Waals surface area contributed by atoms with Crippen molar-refractivity contribution in [2.24, 2.45) is 5.92 Å². The molecule has 0 radical (unpaired) electrons. The lowest BCUT2D eigenvalue weighted by Crippen LogP contribution is -2.63. The van der Waals surface area contributed by atoms with E-state index in [0.717, 1.165) is 25.2 Å². The lowest BCUT2D eigenvalue weighted by Gasteiger charge is -2.48. The van der Waals surface area contributed by atoms with E-state index >= 15 is 0 Å². The van der Waals surface area contributed by atoms with Crippen molar-refractivity contribution in [2.75, 3.05) is 13.1 Å². The van der Waals surface area contributed by atoms with Gasteiger partial charge < -0.3 is 5.32 Å². The quantitative estimate of drug-likeness (QED) is 0.915. The average Bonchev–Trinajstić information content (AvgIpc) is 2.86.